The van der Waals surface area contributed by atoms with Gasteiger partial charge in [0.1, 0.15) is 36.6 Å². The van der Waals surface area contributed by atoms with Gasteiger partial charge in [-0.2, -0.15) is 0 Å². The molecule has 2 aliphatic rings. The third kappa shape index (κ3) is 30.4. The minimum absolute atomic E-state index is 0.104. The number of hydrogen-bond acceptors (Lipinski definition) is 23. The van der Waals surface area contributed by atoms with Gasteiger partial charge in [-0.15, -0.1) is 0 Å². The van der Waals surface area contributed by atoms with Crippen molar-refractivity contribution in [3.63, 3.8) is 0 Å². The lowest BCUT2D eigenvalue weighted by Crippen LogP contribution is -2.60. The Morgan fingerprint density at radius 3 is 1.67 bits per heavy atom. The Morgan fingerprint density at radius 1 is 0.516 bits per heavy atom. The van der Waals surface area contributed by atoms with E-state index in [1.807, 2.05) is 26.0 Å². The lowest BCUT2D eigenvalue weighted by Gasteiger charge is -2.41. The minimum atomic E-state index is -1.87. The predicted molar refractivity (Wildman–Crippen MR) is 362 cm³/mol. The molecule has 31 atom stereocenters. The molecule has 2 heterocycles. The monoisotopic (exact) mass is 1360 g/mol. The Balaban J connectivity index is 2.44. The standard InChI is InChI=1S/C72H133NO22/c1-39-22-19-20-25-55(79)46(8)54(78)24-17-15-18-26-62(84)95-71(42(4)23-16-13-14-21-31-73)50(12)59(83)37-53(77)36-58(82)48(10)66(88)47(9)56(80)34-51(75)29-27-40(2)63(85)41(3)28-30-52(76)35-57(81)49(11)67(89)60(33-45(7)65(87)44(6)32-43(5)64(39)86)93-72-70(92)69(91)68(90)61(38-74)94-72/h19,22,28,30,32-33,39-42,44,46-61,63-72,74-83,85-92H,13-18,20-21,23-27,29,31,34-38,73H2,1-12H3/b22-19+,30-28+,43-32+,45-33?/t39?,40?,41?,42?,44?,46?,47?,48?,49?,50?,51?,52?,53?,54?,55?,56?,57?,58?,59?,60?,61?,63?,64?,65?,66?,67?,68-,69+,70+,71?,72+/m1/s1. The Labute approximate surface area is 567 Å². The average molecular weight is 1360 g/mol. The van der Waals surface area contributed by atoms with Crippen molar-refractivity contribution < 1.29 is 111 Å². The van der Waals surface area contributed by atoms with Gasteiger partial charge in [-0.25, -0.2) is 0 Å². The van der Waals surface area contributed by atoms with E-state index in [0.29, 0.717) is 57.1 Å². The topological polar surface area (TPSA) is 435 Å². The fourth-order valence-corrected chi connectivity index (χ4v) is 13.2. The first-order valence-corrected chi connectivity index (χ1v) is 35.6. The molecule has 20 N–H and O–H groups in total. The highest BCUT2D eigenvalue weighted by Crippen LogP contribution is 2.33. The van der Waals surface area contributed by atoms with Gasteiger partial charge in [0.05, 0.1) is 92.1 Å². The van der Waals surface area contributed by atoms with Crippen molar-refractivity contribution in [1.82, 2.24) is 0 Å². The van der Waals surface area contributed by atoms with Gasteiger partial charge in [0.25, 0.3) is 0 Å². The molecule has 95 heavy (non-hydrogen) atoms. The fourth-order valence-electron chi connectivity index (χ4n) is 13.2. The summed E-state index contributed by atoms with van der Waals surface area (Å²) < 4.78 is 17.8. The Kier molecular flexibility index (Phi) is 42.4. The largest absolute Gasteiger partial charge is 0.462 e. The van der Waals surface area contributed by atoms with Crippen molar-refractivity contribution in [2.24, 2.45) is 64.9 Å². The van der Waals surface area contributed by atoms with E-state index in [4.69, 9.17) is 19.9 Å². The van der Waals surface area contributed by atoms with Crippen LogP contribution in [-0.2, 0) is 19.0 Å². The van der Waals surface area contributed by atoms with Crippen molar-refractivity contribution in [1.29, 1.82) is 0 Å². The van der Waals surface area contributed by atoms with Crippen LogP contribution in [0.4, 0.5) is 0 Å². The summed E-state index contributed by atoms with van der Waals surface area (Å²) in [5.74, 6) is -6.35. The van der Waals surface area contributed by atoms with Crippen LogP contribution in [0.15, 0.2) is 47.6 Å². The first-order valence-electron chi connectivity index (χ1n) is 35.6. The quantitative estimate of drug-likeness (QED) is 0.0845. The number of carbonyl (C=O) groups excluding carboxylic acids is 1. The van der Waals surface area contributed by atoms with E-state index in [-0.39, 0.29) is 55.9 Å². The van der Waals surface area contributed by atoms with E-state index in [0.717, 1.165) is 32.1 Å². The molecule has 0 amide bonds. The number of unbranched alkanes of at least 4 members (excludes halogenated alkanes) is 3. The average Bonchev–Trinajstić information content (AvgIpc) is 0.817. The molecule has 1 fully saturated rings. The third-order valence-corrected chi connectivity index (χ3v) is 20.8. The van der Waals surface area contributed by atoms with E-state index in [9.17, 15) is 96.7 Å². The molecule has 0 aromatic carbocycles. The van der Waals surface area contributed by atoms with E-state index in [2.05, 4.69) is 0 Å². The lowest BCUT2D eigenvalue weighted by atomic mass is 9.81. The molecule has 0 radical (unpaired) electrons. The molecule has 0 bridgehead atoms. The highest BCUT2D eigenvalue weighted by molar-refractivity contribution is 5.69. The molecule has 2 aliphatic heterocycles. The molecule has 2 rings (SSSR count). The Bertz CT molecular complexity index is 2190. The Hall–Kier alpha value is -2.41. The minimum Gasteiger partial charge on any atom is -0.462 e. The number of nitrogens with two attached hydrogens (primary N) is 1. The molecule has 0 aromatic rings. The van der Waals surface area contributed by atoms with Crippen molar-refractivity contribution in [2.75, 3.05) is 13.2 Å². The number of hydrogen-bond donors (Lipinski definition) is 19. The maximum absolute atomic E-state index is 13.5. The third-order valence-electron chi connectivity index (χ3n) is 20.8. The molecule has 23 nitrogen and oxygen atoms in total. The van der Waals surface area contributed by atoms with Crippen LogP contribution in [0.1, 0.15) is 199 Å². The van der Waals surface area contributed by atoms with E-state index >= 15 is 0 Å². The molecular formula is C72H133NO22. The van der Waals surface area contributed by atoms with Crippen molar-refractivity contribution in [3.8, 4) is 0 Å². The zero-order valence-electron chi connectivity index (χ0n) is 59.3. The van der Waals surface area contributed by atoms with Crippen LogP contribution in [0.2, 0.25) is 0 Å². The second kappa shape index (κ2) is 45.5. The number of esters is 1. The van der Waals surface area contributed by atoms with Crippen molar-refractivity contribution >= 4 is 5.97 Å². The maximum Gasteiger partial charge on any atom is 0.306 e. The summed E-state index contributed by atoms with van der Waals surface area (Å²) in [6.45, 7) is 20.3. The predicted octanol–water partition coefficient (Wildman–Crippen LogP) is 3.50. The van der Waals surface area contributed by atoms with Crippen LogP contribution in [0.3, 0.4) is 0 Å². The SMILES string of the molecule is CC1=CC(O[C@H]2OC(CO)[C@@H](O)[C@H](O)[C@@H]2O)C(O)C(C)C(O)CC(O)/C=C/C(C)C(O)C(C)CCC(O)CC(O)C(C)C(O)C(C)C(O)CC(O)CC(O)C(C)C(C(C)CCCCCCN)OC(=O)CCCCCC(O)C(C)C(O)CC/C=C/C(C)C(O)/C(C)=C/C(C)C1O. The van der Waals surface area contributed by atoms with Crippen molar-refractivity contribution in [2.45, 2.75) is 327 Å². The molecule has 0 spiro atoms. The number of aliphatic hydroxyl groups excluding tert-OH is 18. The summed E-state index contributed by atoms with van der Waals surface area (Å²) in [6, 6.07) is 0. The van der Waals surface area contributed by atoms with Gasteiger partial charge in [-0.1, -0.05) is 138 Å². The molecule has 1 saturated heterocycles. The molecule has 558 valence electrons. The molecule has 0 aromatic heterocycles. The highest BCUT2D eigenvalue weighted by atomic mass is 16.7. The first-order chi connectivity index (χ1) is 44.5. The van der Waals surface area contributed by atoms with Crippen molar-refractivity contribution in [3.05, 3.63) is 47.6 Å². The van der Waals surface area contributed by atoms with E-state index in [1.165, 1.54) is 19.1 Å². The second-order valence-electron chi connectivity index (χ2n) is 29.0. The molecule has 0 aliphatic carbocycles. The zero-order valence-corrected chi connectivity index (χ0v) is 59.3. The van der Waals surface area contributed by atoms with E-state index < -0.39 is 188 Å². The normalized spacial score (nSPS) is 43.8. The number of cyclic esters (lactones) is 1. The smallest absolute Gasteiger partial charge is 0.306 e. The van der Waals surface area contributed by atoms with Crippen LogP contribution >= 0.6 is 0 Å². The van der Waals surface area contributed by atoms with Gasteiger partial charge in [-0.3, -0.25) is 4.79 Å². The summed E-state index contributed by atoms with van der Waals surface area (Å²) in [5, 5.41) is 200. The maximum atomic E-state index is 13.5. The van der Waals surface area contributed by atoms with Gasteiger partial charge in [0.2, 0.25) is 0 Å². The number of ether oxygens (including phenoxy) is 3. The fraction of sp³-hybridized carbons (Fsp3) is 0.875. The van der Waals surface area contributed by atoms with Crippen LogP contribution in [0, 0.1) is 59.2 Å². The highest BCUT2D eigenvalue weighted by Gasteiger charge is 2.46. The van der Waals surface area contributed by atoms with Gasteiger partial charge >= 0.3 is 5.97 Å². The van der Waals surface area contributed by atoms with Gasteiger partial charge in [0.15, 0.2) is 6.29 Å². The van der Waals surface area contributed by atoms with Gasteiger partial charge in [0, 0.05) is 60.2 Å². The van der Waals surface area contributed by atoms with Crippen LogP contribution in [0.25, 0.3) is 0 Å². The lowest BCUT2D eigenvalue weighted by molar-refractivity contribution is -0.314. The zero-order chi connectivity index (χ0) is 72.1. The summed E-state index contributed by atoms with van der Waals surface area (Å²) in [5.41, 5.74) is 6.49. The van der Waals surface area contributed by atoms with Gasteiger partial charge < -0.3 is 112 Å². The summed E-state index contributed by atoms with van der Waals surface area (Å²) in [7, 11) is 0. The second-order valence-corrected chi connectivity index (χ2v) is 29.0. The van der Waals surface area contributed by atoms with Crippen LogP contribution < -0.4 is 5.73 Å². The number of rotatable bonds is 10. The molecule has 23 heteroatoms. The summed E-state index contributed by atoms with van der Waals surface area (Å²) in [6.07, 6.45) is -10.2. The number of carbonyl (C=O) groups is 1. The Morgan fingerprint density at radius 2 is 1.06 bits per heavy atom. The summed E-state index contributed by atoms with van der Waals surface area (Å²) >= 11 is 0. The van der Waals surface area contributed by atoms with Gasteiger partial charge in [-0.05, 0) is 114 Å². The molecular weight excluding hydrogens is 1230 g/mol. The van der Waals surface area contributed by atoms with E-state index in [1.54, 1.807) is 74.5 Å². The van der Waals surface area contributed by atoms with Crippen LogP contribution in [0.5, 0.6) is 0 Å². The first kappa shape index (κ1) is 88.7. The number of aliphatic hydroxyl groups is 18. The molecule has 27 unspecified atom stereocenters. The summed E-state index contributed by atoms with van der Waals surface area (Å²) in [4.78, 5) is 13.5. The molecule has 0 saturated carbocycles. The number of allylic oxidation sites excluding steroid dienone is 1. The van der Waals surface area contributed by atoms with Crippen LogP contribution in [-0.4, -0.2) is 239 Å².